The van der Waals surface area contributed by atoms with Gasteiger partial charge in [0.15, 0.2) is 11.0 Å². The van der Waals surface area contributed by atoms with Crippen molar-refractivity contribution in [1.29, 1.82) is 0 Å². The molecule has 0 fully saturated rings. The Labute approximate surface area is 118 Å². The zero-order valence-electron chi connectivity index (χ0n) is 9.47. The molecule has 0 aliphatic carbocycles. The number of aliphatic hydroxyl groups is 1. The van der Waals surface area contributed by atoms with Crippen molar-refractivity contribution in [2.75, 3.05) is 0 Å². The number of aromatic nitrogens is 4. The number of hydrogen-bond donors (Lipinski definition) is 1. The highest BCUT2D eigenvalue weighted by molar-refractivity contribution is 7.98. The second kappa shape index (κ2) is 5.88. The molecule has 0 aliphatic heterocycles. The van der Waals surface area contributed by atoms with Crippen molar-refractivity contribution in [2.24, 2.45) is 7.05 Å². The summed E-state index contributed by atoms with van der Waals surface area (Å²) in [6.45, 7) is -0.128. The Morgan fingerprint density at radius 3 is 2.50 bits per heavy atom. The van der Waals surface area contributed by atoms with Crippen molar-refractivity contribution in [3.63, 3.8) is 0 Å². The summed E-state index contributed by atoms with van der Waals surface area (Å²) in [5.74, 6) is 1.18. The smallest absolute Gasteiger partial charge is 0.191 e. The van der Waals surface area contributed by atoms with Gasteiger partial charge in [0.05, 0.1) is 0 Å². The zero-order chi connectivity index (χ0) is 13.1. The third-order valence-corrected chi connectivity index (χ3v) is 3.74. The van der Waals surface area contributed by atoms with E-state index in [1.807, 2.05) is 0 Å². The lowest BCUT2D eigenvalue weighted by Gasteiger charge is -2.03. The van der Waals surface area contributed by atoms with Gasteiger partial charge in [-0.3, -0.25) is 0 Å². The molecule has 0 atom stereocenters. The van der Waals surface area contributed by atoms with Crippen LogP contribution < -0.4 is 0 Å². The van der Waals surface area contributed by atoms with E-state index in [0.717, 1.165) is 10.7 Å². The summed E-state index contributed by atoms with van der Waals surface area (Å²) in [6.07, 6.45) is 0. The first-order chi connectivity index (χ1) is 8.60. The summed E-state index contributed by atoms with van der Waals surface area (Å²) < 4.78 is 1.75. The lowest BCUT2D eigenvalue weighted by atomic mass is 10.3. The van der Waals surface area contributed by atoms with E-state index in [2.05, 4.69) is 15.2 Å². The molecular formula is C10H10Cl2N4OS. The third-order valence-electron chi connectivity index (χ3n) is 2.26. The zero-order valence-corrected chi connectivity index (χ0v) is 11.8. The number of halogens is 2. The van der Waals surface area contributed by atoms with E-state index in [4.69, 9.17) is 28.3 Å². The van der Waals surface area contributed by atoms with Gasteiger partial charge in [-0.15, -0.1) is 10.2 Å². The van der Waals surface area contributed by atoms with E-state index < -0.39 is 0 Å². The third kappa shape index (κ3) is 3.14. The van der Waals surface area contributed by atoms with Gasteiger partial charge >= 0.3 is 0 Å². The van der Waals surface area contributed by atoms with Crippen LogP contribution >= 0.6 is 35.0 Å². The maximum Gasteiger partial charge on any atom is 0.191 e. The van der Waals surface area contributed by atoms with Gasteiger partial charge in [0.25, 0.3) is 0 Å². The maximum atomic E-state index is 9.01. The lowest BCUT2D eigenvalue weighted by molar-refractivity contribution is 0.266. The molecule has 0 aromatic carbocycles. The van der Waals surface area contributed by atoms with Crippen LogP contribution in [0.2, 0.25) is 10.3 Å². The average Bonchev–Trinajstić information content (AvgIpc) is 2.66. The fourth-order valence-electron chi connectivity index (χ4n) is 1.35. The van der Waals surface area contributed by atoms with Crippen LogP contribution in [0.1, 0.15) is 11.4 Å². The first kappa shape index (κ1) is 13.6. The van der Waals surface area contributed by atoms with Gasteiger partial charge in [-0.25, -0.2) is 4.98 Å². The Morgan fingerprint density at radius 1 is 1.28 bits per heavy atom. The minimum absolute atomic E-state index is 0.128. The predicted octanol–water partition coefficient (Wildman–Crippen LogP) is 2.30. The van der Waals surface area contributed by atoms with Gasteiger partial charge in [-0.05, 0) is 17.7 Å². The van der Waals surface area contributed by atoms with E-state index in [0.29, 0.717) is 21.9 Å². The first-order valence-electron chi connectivity index (χ1n) is 5.04. The molecule has 5 nitrogen and oxygen atoms in total. The Balaban J connectivity index is 2.09. The van der Waals surface area contributed by atoms with Gasteiger partial charge in [0, 0.05) is 12.8 Å². The van der Waals surface area contributed by atoms with Crippen molar-refractivity contribution in [3.05, 3.63) is 33.8 Å². The second-order valence-corrected chi connectivity index (χ2v) is 5.24. The van der Waals surface area contributed by atoms with E-state index in [1.165, 1.54) is 11.8 Å². The largest absolute Gasteiger partial charge is 0.388 e. The molecular weight excluding hydrogens is 295 g/mol. The molecule has 0 aliphatic rings. The predicted molar refractivity (Wildman–Crippen MR) is 70.7 cm³/mol. The van der Waals surface area contributed by atoms with Crippen LogP contribution in [-0.4, -0.2) is 24.9 Å². The molecule has 0 saturated heterocycles. The highest BCUT2D eigenvalue weighted by Gasteiger charge is 2.09. The van der Waals surface area contributed by atoms with Gasteiger partial charge in [-0.2, -0.15) is 0 Å². The summed E-state index contributed by atoms with van der Waals surface area (Å²) in [5, 5.41) is 18.3. The topological polar surface area (TPSA) is 63.8 Å². The summed E-state index contributed by atoms with van der Waals surface area (Å²) in [7, 11) is 1.81. The second-order valence-electron chi connectivity index (χ2n) is 3.53. The monoisotopic (exact) mass is 304 g/mol. The lowest BCUT2D eigenvalue weighted by Crippen LogP contribution is -1.98. The molecule has 1 N–H and O–H groups in total. The van der Waals surface area contributed by atoms with Crippen LogP contribution in [-0.2, 0) is 19.4 Å². The van der Waals surface area contributed by atoms with Gasteiger partial charge in [-0.1, -0.05) is 35.0 Å². The molecule has 0 saturated carbocycles. The molecule has 0 amide bonds. The molecule has 8 heteroatoms. The quantitative estimate of drug-likeness (QED) is 0.693. The molecule has 0 spiro atoms. The minimum atomic E-state index is -0.128. The molecule has 0 unspecified atom stereocenters. The number of pyridine rings is 1. The SMILES string of the molecule is Cn1c(CO)nnc1SCc1cc(Cl)nc(Cl)c1. The molecule has 2 rings (SSSR count). The van der Waals surface area contributed by atoms with Gasteiger partial charge < -0.3 is 9.67 Å². The summed E-state index contributed by atoms with van der Waals surface area (Å²) in [5.41, 5.74) is 0.957. The number of hydrogen-bond acceptors (Lipinski definition) is 5. The van der Waals surface area contributed by atoms with E-state index in [9.17, 15) is 0 Å². The van der Waals surface area contributed by atoms with Crippen LogP contribution in [0.5, 0.6) is 0 Å². The molecule has 2 heterocycles. The van der Waals surface area contributed by atoms with E-state index in [1.54, 1.807) is 23.7 Å². The van der Waals surface area contributed by atoms with Crippen LogP contribution in [0.15, 0.2) is 17.3 Å². The molecule has 0 radical (unpaired) electrons. The van der Waals surface area contributed by atoms with Gasteiger partial charge in [0.2, 0.25) is 0 Å². The summed E-state index contributed by atoms with van der Waals surface area (Å²) in [6, 6.07) is 3.51. The highest BCUT2D eigenvalue weighted by atomic mass is 35.5. The Kier molecular flexibility index (Phi) is 4.45. The fourth-order valence-corrected chi connectivity index (χ4v) is 2.72. The van der Waals surface area contributed by atoms with Crippen LogP contribution in [0, 0.1) is 0 Å². The molecule has 0 bridgehead atoms. The molecule has 18 heavy (non-hydrogen) atoms. The van der Waals surface area contributed by atoms with E-state index in [-0.39, 0.29) is 6.61 Å². The van der Waals surface area contributed by atoms with Crippen molar-refractivity contribution < 1.29 is 5.11 Å². The van der Waals surface area contributed by atoms with Crippen LogP contribution in [0.3, 0.4) is 0 Å². The van der Waals surface area contributed by atoms with Crippen molar-refractivity contribution >= 4 is 35.0 Å². The molecule has 2 aromatic rings. The van der Waals surface area contributed by atoms with Crippen LogP contribution in [0.25, 0.3) is 0 Å². The Morgan fingerprint density at radius 2 is 1.94 bits per heavy atom. The normalized spacial score (nSPS) is 10.9. The summed E-state index contributed by atoms with van der Waals surface area (Å²) >= 11 is 13.1. The Bertz CT molecular complexity index is 541. The van der Waals surface area contributed by atoms with Crippen molar-refractivity contribution in [1.82, 2.24) is 19.7 Å². The highest BCUT2D eigenvalue weighted by Crippen LogP contribution is 2.23. The number of aliphatic hydroxyl groups excluding tert-OH is 1. The first-order valence-corrected chi connectivity index (χ1v) is 6.78. The molecule has 2 aromatic heterocycles. The van der Waals surface area contributed by atoms with Crippen LogP contribution in [0.4, 0.5) is 0 Å². The molecule has 96 valence electrons. The maximum absolute atomic E-state index is 9.01. The summed E-state index contributed by atoms with van der Waals surface area (Å²) in [4.78, 5) is 3.88. The average molecular weight is 305 g/mol. The fraction of sp³-hybridized carbons (Fsp3) is 0.300. The standard InChI is InChI=1S/C10H10Cl2N4OS/c1-16-9(4-17)14-15-10(16)18-5-6-2-7(11)13-8(12)3-6/h2-3,17H,4-5H2,1H3. The van der Waals surface area contributed by atoms with Crippen molar-refractivity contribution in [2.45, 2.75) is 17.5 Å². The van der Waals surface area contributed by atoms with Gasteiger partial charge in [0.1, 0.15) is 16.9 Å². The number of rotatable bonds is 4. The number of nitrogens with zero attached hydrogens (tertiary/aromatic N) is 4. The van der Waals surface area contributed by atoms with Crippen molar-refractivity contribution in [3.8, 4) is 0 Å². The Hall–Kier alpha value is -0.820. The van der Waals surface area contributed by atoms with E-state index >= 15 is 0 Å². The minimum Gasteiger partial charge on any atom is -0.388 e. The number of thioether (sulfide) groups is 1.